The van der Waals surface area contributed by atoms with Crippen LogP contribution in [0.3, 0.4) is 0 Å². The van der Waals surface area contributed by atoms with Crippen LogP contribution in [0.25, 0.3) is 0 Å². The smallest absolute Gasteiger partial charge is 0.227 e. The van der Waals surface area contributed by atoms with E-state index >= 15 is 0 Å². The van der Waals surface area contributed by atoms with Crippen molar-refractivity contribution in [2.75, 3.05) is 18.1 Å². The molecule has 4 rings (SSSR count). The molecule has 30 heavy (non-hydrogen) atoms. The zero-order valence-electron chi connectivity index (χ0n) is 16.4. The molecule has 3 aromatic carbocycles. The van der Waals surface area contributed by atoms with Crippen LogP contribution in [0.2, 0.25) is 0 Å². The van der Waals surface area contributed by atoms with Crippen molar-refractivity contribution >= 4 is 23.2 Å². The zero-order chi connectivity index (χ0) is 20.9. The Morgan fingerprint density at radius 2 is 1.43 bits per heavy atom. The number of hydrogen-bond donors (Lipinski definition) is 0. The summed E-state index contributed by atoms with van der Waals surface area (Å²) < 4.78 is 5.58. The van der Waals surface area contributed by atoms with Crippen molar-refractivity contribution in [3.8, 4) is 5.75 Å². The fraction of sp³-hybridized carbons (Fsp3) is 0.160. The summed E-state index contributed by atoms with van der Waals surface area (Å²) in [5, 5.41) is 0. The summed E-state index contributed by atoms with van der Waals surface area (Å²) in [6, 6.07) is 22.8. The Labute approximate surface area is 174 Å². The van der Waals surface area contributed by atoms with Gasteiger partial charge in [0, 0.05) is 35.3 Å². The van der Waals surface area contributed by atoms with Crippen LogP contribution in [-0.4, -0.2) is 30.6 Å². The summed E-state index contributed by atoms with van der Waals surface area (Å²) in [6.45, 7) is 0.617. The van der Waals surface area contributed by atoms with Gasteiger partial charge in [-0.1, -0.05) is 30.3 Å². The molecule has 0 aliphatic carbocycles. The van der Waals surface area contributed by atoms with Gasteiger partial charge in [0.15, 0.2) is 18.2 Å². The number of benzene rings is 3. The van der Waals surface area contributed by atoms with Gasteiger partial charge in [0.25, 0.3) is 0 Å². The molecule has 5 nitrogen and oxygen atoms in total. The average molecular weight is 399 g/mol. The van der Waals surface area contributed by atoms with E-state index in [1.165, 1.54) is 0 Å². The van der Waals surface area contributed by atoms with Gasteiger partial charge in [-0.15, -0.1) is 0 Å². The third kappa shape index (κ3) is 4.30. The van der Waals surface area contributed by atoms with E-state index in [0.29, 0.717) is 28.9 Å². The molecule has 5 heteroatoms. The summed E-state index contributed by atoms with van der Waals surface area (Å²) in [5.41, 5.74) is 2.53. The van der Waals surface area contributed by atoms with Gasteiger partial charge >= 0.3 is 0 Å². The summed E-state index contributed by atoms with van der Waals surface area (Å²) in [5.74, 6) is 0.424. The maximum absolute atomic E-state index is 12.4. The van der Waals surface area contributed by atoms with E-state index in [2.05, 4.69) is 0 Å². The van der Waals surface area contributed by atoms with Crippen LogP contribution in [0.4, 0.5) is 5.69 Å². The molecule has 1 aliphatic rings. The van der Waals surface area contributed by atoms with Crippen molar-refractivity contribution in [3.05, 3.63) is 95.6 Å². The van der Waals surface area contributed by atoms with Crippen LogP contribution in [0.1, 0.15) is 39.1 Å². The quantitative estimate of drug-likeness (QED) is 0.556. The lowest BCUT2D eigenvalue weighted by Gasteiger charge is -2.15. The Morgan fingerprint density at radius 1 is 0.800 bits per heavy atom. The second-order valence-corrected chi connectivity index (χ2v) is 7.13. The molecular formula is C25H21NO4. The monoisotopic (exact) mass is 399 g/mol. The first-order valence-corrected chi connectivity index (χ1v) is 9.88. The second kappa shape index (κ2) is 8.74. The summed E-state index contributed by atoms with van der Waals surface area (Å²) >= 11 is 0. The lowest BCUT2D eigenvalue weighted by Crippen LogP contribution is -2.23. The summed E-state index contributed by atoms with van der Waals surface area (Å²) in [7, 11) is 0. The molecule has 1 amide bonds. The number of amides is 1. The highest BCUT2D eigenvalue weighted by Gasteiger charge is 2.21. The Hall–Kier alpha value is -3.73. The first-order valence-electron chi connectivity index (χ1n) is 9.88. The summed E-state index contributed by atoms with van der Waals surface area (Å²) in [6.07, 6.45) is 1.44. The Bertz CT molecular complexity index is 1060. The van der Waals surface area contributed by atoms with E-state index in [-0.39, 0.29) is 24.1 Å². The molecule has 0 atom stereocenters. The van der Waals surface area contributed by atoms with Gasteiger partial charge in [-0.3, -0.25) is 14.4 Å². The van der Waals surface area contributed by atoms with Crippen LogP contribution in [-0.2, 0) is 4.79 Å². The van der Waals surface area contributed by atoms with Gasteiger partial charge in [-0.05, 0) is 55.0 Å². The Morgan fingerprint density at radius 3 is 2.07 bits per heavy atom. The third-order valence-electron chi connectivity index (χ3n) is 5.10. The number of rotatable bonds is 7. The average Bonchev–Trinajstić information content (AvgIpc) is 3.24. The molecule has 1 fully saturated rings. The predicted octanol–water partition coefficient (Wildman–Crippen LogP) is 4.31. The highest BCUT2D eigenvalue weighted by atomic mass is 16.5. The Balaban J connectivity index is 1.34. The summed E-state index contributed by atoms with van der Waals surface area (Å²) in [4.78, 5) is 38.4. The maximum atomic E-state index is 12.4. The largest absolute Gasteiger partial charge is 0.485 e. The lowest BCUT2D eigenvalue weighted by atomic mass is 10.0. The van der Waals surface area contributed by atoms with E-state index in [1.54, 1.807) is 65.6 Å². The molecule has 0 spiro atoms. The molecule has 1 heterocycles. The molecule has 1 aliphatic heterocycles. The van der Waals surface area contributed by atoms with E-state index < -0.39 is 0 Å². The molecule has 0 aromatic heterocycles. The van der Waals surface area contributed by atoms with Gasteiger partial charge in [0.05, 0.1) is 0 Å². The number of carbonyl (C=O) groups excluding carboxylic acids is 3. The standard InChI is InChI=1S/C25H21NO4/c27-23(18-8-12-21(13-9-18)26-16-4-7-24(26)28)17-30-22-14-10-20(11-15-22)25(29)19-5-2-1-3-6-19/h1-3,5-6,8-15H,4,7,16-17H2. The minimum Gasteiger partial charge on any atom is -0.485 e. The first kappa shape index (κ1) is 19.6. The van der Waals surface area contributed by atoms with Crippen molar-refractivity contribution in [2.45, 2.75) is 12.8 Å². The number of nitrogens with zero attached hydrogens (tertiary/aromatic N) is 1. The van der Waals surface area contributed by atoms with Crippen molar-refractivity contribution in [1.82, 2.24) is 0 Å². The van der Waals surface area contributed by atoms with E-state index in [0.717, 1.165) is 18.7 Å². The normalized spacial score (nSPS) is 13.3. The van der Waals surface area contributed by atoms with Gasteiger partial charge < -0.3 is 9.64 Å². The van der Waals surface area contributed by atoms with Gasteiger partial charge in [0.1, 0.15) is 5.75 Å². The van der Waals surface area contributed by atoms with Gasteiger partial charge in [-0.25, -0.2) is 0 Å². The van der Waals surface area contributed by atoms with E-state index in [4.69, 9.17) is 4.74 Å². The maximum Gasteiger partial charge on any atom is 0.227 e. The molecular weight excluding hydrogens is 378 g/mol. The minimum absolute atomic E-state index is 0.0604. The van der Waals surface area contributed by atoms with Gasteiger partial charge in [-0.2, -0.15) is 0 Å². The highest BCUT2D eigenvalue weighted by Crippen LogP contribution is 2.22. The predicted molar refractivity (Wildman–Crippen MR) is 114 cm³/mol. The number of carbonyl (C=O) groups is 3. The van der Waals surface area contributed by atoms with Crippen LogP contribution in [0.5, 0.6) is 5.75 Å². The van der Waals surface area contributed by atoms with E-state index in [9.17, 15) is 14.4 Å². The van der Waals surface area contributed by atoms with Crippen LogP contribution < -0.4 is 9.64 Å². The minimum atomic E-state index is -0.154. The SMILES string of the molecule is O=C(COc1ccc(C(=O)c2ccccc2)cc1)c1ccc(N2CCCC2=O)cc1. The molecule has 0 unspecified atom stereocenters. The lowest BCUT2D eigenvalue weighted by molar-refractivity contribution is -0.117. The number of hydrogen-bond acceptors (Lipinski definition) is 4. The molecule has 0 bridgehead atoms. The third-order valence-corrected chi connectivity index (χ3v) is 5.10. The van der Waals surface area contributed by atoms with Crippen molar-refractivity contribution in [1.29, 1.82) is 0 Å². The number of Topliss-reactive ketones (excluding diaryl/α,β-unsaturated/α-hetero) is 1. The van der Waals surface area contributed by atoms with Crippen LogP contribution >= 0.6 is 0 Å². The number of ether oxygens (including phenoxy) is 1. The molecule has 0 saturated carbocycles. The topological polar surface area (TPSA) is 63.7 Å². The van der Waals surface area contributed by atoms with E-state index in [1.807, 2.05) is 18.2 Å². The fourth-order valence-electron chi connectivity index (χ4n) is 3.44. The molecule has 3 aromatic rings. The van der Waals surface area contributed by atoms with Crippen LogP contribution in [0, 0.1) is 0 Å². The molecule has 1 saturated heterocycles. The van der Waals surface area contributed by atoms with Crippen molar-refractivity contribution in [2.24, 2.45) is 0 Å². The molecule has 0 radical (unpaired) electrons. The Kier molecular flexibility index (Phi) is 5.70. The number of anilines is 1. The first-order chi connectivity index (χ1) is 14.6. The van der Waals surface area contributed by atoms with Crippen molar-refractivity contribution in [3.63, 3.8) is 0 Å². The molecule has 0 N–H and O–H groups in total. The fourth-order valence-corrected chi connectivity index (χ4v) is 3.44. The van der Waals surface area contributed by atoms with Crippen LogP contribution in [0.15, 0.2) is 78.9 Å². The van der Waals surface area contributed by atoms with Crippen molar-refractivity contribution < 1.29 is 19.1 Å². The number of ketones is 2. The van der Waals surface area contributed by atoms with Gasteiger partial charge in [0.2, 0.25) is 5.91 Å². The highest BCUT2D eigenvalue weighted by molar-refractivity contribution is 6.09. The second-order valence-electron chi connectivity index (χ2n) is 7.13. The zero-order valence-corrected chi connectivity index (χ0v) is 16.4. The molecule has 150 valence electrons.